The topological polar surface area (TPSA) is 29.3 Å². The largest absolute Gasteiger partial charge is 0.330 e. The number of rotatable bonds is 4. The Labute approximate surface area is 89.7 Å². The van der Waals surface area contributed by atoms with E-state index in [2.05, 4.69) is 16.3 Å². The fourth-order valence-electron chi connectivity index (χ4n) is 1.98. The Morgan fingerprint density at radius 1 is 1.36 bits per heavy atom. The molecule has 0 bridgehead atoms. The van der Waals surface area contributed by atoms with E-state index < -0.39 is 0 Å². The van der Waals surface area contributed by atoms with Gasteiger partial charge < -0.3 is 5.73 Å². The zero-order valence-corrected chi connectivity index (χ0v) is 9.35. The van der Waals surface area contributed by atoms with Crippen LogP contribution in [0.4, 0.5) is 0 Å². The van der Waals surface area contributed by atoms with Crippen LogP contribution in [0.25, 0.3) is 0 Å². The summed E-state index contributed by atoms with van der Waals surface area (Å²) in [7, 11) is 0. The van der Waals surface area contributed by atoms with E-state index in [1.807, 2.05) is 11.3 Å². The Morgan fingerprint density at radius 3 is 2.86 bits per heavy atom. The van der Waals surface area contributed by atoms with Crippen LogP contribution in [0, 0.1) is 0 Å². The number of hydrogen-bond acceptors (Lipinski definition) is 3. The van der Waals surface area contributed by atoms with E-state index in [0.717, 1.165) is 19.5 Å². The number of nitrogens with two attached hydrogens (primary N) is 1. The first-order valence-corrected chi connectivity index (χ1v) is 6.25. The van der Waals surface area contributed by atoms with E-state index >= 15 is 0 Å². The molecule has 78 valence electrons. The van der Waals surface area contributed by atoms with E-state index in [1.54, 1.807) is 0 Å². The smallest absolute Gasteiger partial charge is 0.0242 e. The predicted octanol–water partition coefficient (Wildman–Crippen LogP) is 1.85. The van der Waals surface area contributed by atoms with Crippen LogP contribution >= 0.6 is 11.3 Å². The van der Waals surface area contributed by atoms with E-state index in [1.165, 1.54) is 36.4 Å². The summed E-state index contributed by atoms with van der Waals surface area (Å²) >= 11 is 1.85. The fraction of sp³-hybridized carbons (Fsp3) is 0.636. The standard InChI is InChI=1S/C11H18N2S/c12-4-3-11-7-10(9-14-11)8-13-5-1-2-6-13/h7,9H,1-6,8,12H2. The molecule has 0 aliphatic carbocycles. The summed E-state index contributed by atoms with van der Waals surface area (Å²) in [6, 6.07) is 2.32. The maximum Gasteiger partial charge on any atom is 0.0242 e. The maximum absolute atomic E-state index is 5.53. The van der Waals surface area contributed by atoms with Crippen molar-refractivity contribution in [3.8, 4) is 0 Å². The molecule has 2 heterocycles. The third kappa shape index (κ3) is 2.56. The maximum atomic E-state index is 5.53. The Morgan fingerprint density at radius 2 is 2.14 bits per heavy atom. The summed E-state index contributed by atoms with van der Waals surface area (Å²) in [4.78, 5) is 3.97. The molecule has 0 saturated carbocycles. The van der Waals surface area contributed by atoms with Gasteiger partial charge in [0.15, 0.2) is 0 Å². The second kappa shape index (κ2) is 4.91. The van der Waals surface area contributed by atoms with Crippen LogP contribution < -0.4 is 5.73 Å². The minimum Gasteiger partial charge on any atom is -0.330 e. The van der Waals surface area contributed by atoms with Gasteiger partial charge in [-0.3, -0.25) is 4.90 Å². The monoisotopic (exact) mass is 210 g/mol. The van der Waals surface area contributed by atoms with Crippen LogP contribution in [0.15, 0.2) is 11.4 Å². The lowest BCUT2D eigenvalue weighted by Gasteiger charge is -2.12. The quantitative estimate of drug-likeness (QED) is 0.821. The lowest BCUT2D eigenvalue weighted by Crippen LogP contribution is -2.17. The van der Waals surface area contributed by atoms with Gasteiger partial charge in [-0.2, -0.15) is 0 Å². The highest BCUT2D eigenvalue weighted by molar-refractivity contribution is 7.10. The van der Waals surface area contributed by atoms with Crippen molar-refractivity contribution in [2.75, 3.05) is 19.6 Å². The molecule has 0 aromatic carbocycles. The van der Waals surface area contributed by atoms with Crippen molar-refractivity contribution >= 4 is 11.3 Å². The highest BCUT2D eigenvalue weighted by Gasteiger charge is 2.12. The lowest BCUT2D eigenvalue weighted by atomic mass is 10.2. The van der Waals surface area contributed by atoms with Gasteiger partial charge in [0.25, 0.3) is 0 Å². The molecule has 1 aromatic rings. The average Bonchev–Trinajstić information content (AvgIpc) is 2.79. The molecule has 0 radical (unpaired) electrons. The predicted molar refractivity (Wildman–Crippen MR) is 61.6 cm³/mol. The van der Waals surface area contributed by atoms with Crippen molar-refractivity contribution in [1.82, 2.24) is 4.90 Å². The molecule has 1 aliphatic rings. The minimum atomic E-state index is 0.768. The van der Waals surface area contributed by atoms with Crippen molar-refractivity contribution in [2.24, 2.45) is 5.73 Å². The molecule has 1 aliphatic heterocycles. The van der Waals surface area contributed by atoms with Crippen molar-refractivity contribution < 1.29 is 0 Å². The van der Waals surface area contributed by atoms with Crippen LogP contribution in [0.3, 0.4) is 0 Å². The van der Waals surface area contributed by atoms with Gasteiger partial charge in [0.2, 0.25) is 0 Å². The average molecular weight is 210 g/mol. The molecule has 2 N–H and O–H groups in total. The highest BCUT2D eigenvalue weighted by Crippen LogP contribution is 2.18. The molecule has 1 saturated heterocycles. The number of hydrogen-bond donors (Lipinski definition) is 1. The van der Waals surface area contributed by atoms with E-state index in [-0.39, 0.29) is 0 Å². The molecule has 0 amide bonds. The number of nitrogens with zero attached hydrogens (tertiary/aromatic N) is 1. The Kier molecular flexibility index (Phi) is 3.56. The fourth-order valence-corrected chi connectivity index (χ4v) is 2.88. The van der Waals surface area contributed by atoms with Gasteiger partial charge >= 0.3 is 0 Å². The van der Waals surface area contributed by atoms with Gasteiger partial charge in [-0.25, -0.2) is 0 Å². The van der Waals surface area contributed by atoms with Crippen molar-refractivity contribution in [1.29, 1.82) is 0 Å². The van der Waals surface area contributed by atoms with Gasteiger partial charge in [-0.05, 0) is 55.9 Å². The second-order valence-electron chi connectivity index (χ2n) is 3.94. The van der Waals surface area contributed by atoms with Crippen LogP contribution in [0.1, 0.15) is 23.3 Å². The summed E-state index contributed by atoms with van der Waals surface area (Å²) in [6.45, 7) is 4.47. The molecule has 0 atom stereocenters. The van der Waals surface area contributed by atoms with Crippen LogP contribution in [-0.4, -0.2) is 24.5 Å². The second-order valence-corrected chi connectivity index (χ2v) is 4.94. The van der Waals surface area contributed by atoms with Gasteiger partial charge in [-0.15, -0.1) is 11.3 Å². The molecule has 14 heavy (non-hydrogen) atoms. The van der Waals surface area contributed by atoms with E-state index in [4.69, 9.17) is 5.73 Å². The molecule has 2 nitrogen and oxygen atoms in total. The van der Waals surface area contributed by atoms with Crippen molar-refractivity contribution in [3.63, 3.8) is 0 Å². The Balaban J connectivity index is 1.88. The van der Waals surface area contributed by atoms with E-state index in [0.29, 0.717) is 0 Å². The van der Waals surface area contributed by atoms with Crippen molar-refractivity contribution in [3.05, 3.63) is 21.9 Å². The van der Waals surface area contributed by atoms with Crippen LogP contribution in [0.2, 0.25) is 0 Å². The minimum absolute atomic E-state index is 0.768. The summed E-state index contributed by atoms with van der Waals surface area (Å²) in [6.07, 6.45) is 3.78. The SMILES string of the molecule is NCCc1cc(CN2CCCC2)cs1. The molecule has 2 rings (SSSR count). The zero-order valence-electron chi connectivity index (χ0n) is 8.54. The summed E-state index contributed by atoms with van der Waals surface area (Å²) in [5, 5.41) is 2.28. The zero-order chi connectivity index (χ0) is 9.80. The van der Waals surface area contributed by atoms with Gasteiger partial charge in [0.05, 0.1) is 0 Å². The Hall–Kier alpha value is -0.380. The number of thiophene rings is 1. The van der Waals surface area contributed by atoms with Crippen LogP contribution in [0.5, 0.6) is 0 Å². The first-order valence-electron chi connectivity index (χ1n) is 5.37. The molecule has 0 unspecified atom stereocenters. The third-order valence-corrected chi connectivity index (χ3v) is 3.75. The summed E-state index contributed by atoms with van der Waals surface area (Å²) in [5.74, 6) is 0. The number of likely N-dealkylation sites (tertiary alicyclic amines) is 1. The highest BCUT2D eigenvalue weighted by atomic mass is 32.1. The molecule has 0 spiro atoms. The van der Waals surface area contributed by atoms with Gasteiger partial charge in [-0.1, -0.05) is 0 Å². The van der Waals surface area contributed by atoms with Gasteiger partial charge in [0, 0.05) is 11.4 Å². The molecular formula is C11H18N2S. The molecule has 3 heteroatoms. The lowest BCUT2D eigenvalue weighted by molar-refractivity contribution is 0.332. The molecule has 1 aromatic heterocycles. The summed E-state index contributed by atoms with van der Waals surface area (Å²) < 4.78 is 0. The summed E-state index contributed by atoms with van der Waals surface area (Å²) in [5.41, 5.74) is 7.00. The van der Waals surface area contributed by atoms with E-state index in [9.17, 15) is 0 Å². The first kappa shape index (κ1) is 10.1. The van der Waals surface area contributed by atoms with Gasteiger partial charge in [0.1, 0.15) is 0 Å². The van der Waals surface area contributed by atoms with Crippen molar-refractivity contribution in [2.45, 2.75) is 25.8 Å². The third-order valence-electron chi connectivity index (χ3n) is 2.70. The van der Waals surface area contributed by atoms with Crippen LogP contribution in [-0.2, 0) is 13.0 Å². The normalized spacial score (nSPS) is 17.8. The first-order chi connectivity index (χ1) is 6.88. The molecule has 1 fully saturated rings. The Bertz CT molecular complexity index is 277. The molecular weight excluding hydrogens is 192 g/mol.